The van der Waals surface area contributed by atoms with Gasteiger partial charge in [-0.1, -0.05) is 92.2 Å². The van der Waals surface area contributed by atoms with E-state index in [4.69, 9.17) is 4.74 Å². The Morgan fingerprint density at radius 1 is 0.809 bits per heavy atom. The van der Waals surface area contributed by atoms with E-state index in [9.17, 15) is 19.5 Å². The van der Waals surface area contributed by atoms with Gasteiger partial charge in [-0.05, 0) is 66.7 Å². The molecule has 244 valence electrons. The standard InChI is InChI=1S/C38H42N4O5/c1-3-26-9-13-29(14-10-26)30-17-19-31(20-18-30)33-22-39-35(40-23-33)32-15-11-27(12-16-32)21-34(36(43)41-25(2)37(44)45)42-38(46)47-24-28-7-5-4-6-8-28/h4-8,11-12,15-20,22-23,25-26,29,34H,3,9-10,13-14,21,24H2,1-2H3,(H,41,43)(H,42,46)(H,44,45)/t25?,26-,29-,34-/m0/s1. The average Bonchev–Trinajstić information content (AvgIpc) is 3.11. The lowest BCUT2D eigenvalue weighted by atomic mass is 9.78. The van der Waals surface area contributed by atoms with Crippen LogP contribution in [0.2, 0.25) is 0 Å². The van der Waals surface area contributed by atoms with Crippen molar-refractivity contribution in [3.63, 3.8) is 0 Å². The van der Waals surface area contributed by atoms with Gasteiger partial charge in [0.2, 0.25) is 5.91 Å². The SMILES string of the molecule is CC[C@H]1CC[C@H](c2ccc(-c3cnc(-c4ccc(C[C@H](NC(=O)OCc5ccccc5)C(=O)NC(C)C(=O)O)cc4)nc3)cc2)CC1. The largest absolute Gasteiger partial charge is 0.480 e. The van der Waals surface area contributed by atoms with Crippen molar-refractivity contribution in [1.29, 1.82) is 0 Å². The van der Waals surface area contributed by atoms with E-state index in [0.29, 0.717) is 11.7 Å². The second-order valence-corrected chi connectivity index (χ2v) is 12.3. The maximum atomic E-state index is 13.0. The molecule has 1 aliphatic rings. The maximum absolute atomic E-state index is 13.0. The van der Waals surface area contributed by atoms with Crippen LogP contribution < -0.4 is 10.6 Å². The number of amides is 2. The van der Waals surface area contributed by atoms with Crippen molar-refractivity contribution in [2.75, 3.05) is 0 Å². The molecule has 1 saturated carbocycles. The second kappa shape index (κ2) is 16.0. The monoisotopic (exact) mass is 634 g/mol. The number of rotatable bonds is 12. The van der Waals surface area contributed by atoms with Crippen LogP contribution in [-0.4, -0.2) is 45.1 Å². The number of aliphatic carboxylic acids is 1. The van der Waals surface area contributed by atoms with Crippen molar-refractivity contribution < 1.29 is 24.2 Å². The summed E-state index contributed by atoms with van der Waals surface area (Å²) in [5.74, 6) is 0.290. The third-order valence-corrected chi connectivity index (χ3v) is 8.99. The number of carbonyl (C=O) groups excluding carboxylic acids is 2. The van der Waals surface area contributed by atoms with Gasteiger partial charge in [-0.25, -0.2) is 14.8 Å². The topological polar surface area (TPSA) is 131 Å². The van der Waals surface area contributed by atoms with Crippen LogP contribution in [0.5, 0.6) is 0 Å². The Kier molecular flexibility index (Phi) is 11.3. The maximum Gasteiger partial charge on any atom is 0.408 e. The quantitative estimate of drug-likeness (QED) is 0.154. The minimum atomic E-state index is -1.18. The van der Waals surface area contributed by atoms with Crippen LogP contribution >= 0.6 is 0 Å². The van der Waals surface area contributed by atoms with Crippen molar-refractivity contribution in [2.45, 2.75) is 77.0 Å². The molecule has 2 amide bonds. The molecule has 1 heterocycles. The van der Waals surface area contributed by atoms with Crippen LogP contribution in [0.25, 0.3) is 22.5 Å². The molecule has 9 heteroatoms. The lowest BCUT2D eigenvalue weighted by Crippen LogP contribution is -2.51. The third kappa shape index (κ3) is 9.25. The summed E-state index contributed by atoms with van der Waals surface area (Å²) >= 11 is 0. The van der Waals surface area contributed by atoms with E-state index in [1.807, 2.05) is 67.0 Å². The fourth-order valence-corrected chi connectivity index (χ4v) is 6.00. The molecule has 0 radical (unpaired) electrons. The number of hydrogen-bond acceptors (Lipinski definition) is 6. The minimum absolute atomic E-state index is 0.0330. The number of ether oxygens (including phenoxy) is 1. The van der Waals surface area contributed by atoms with Crippen LogP contribution in [0.3, 0.4) is 0 Å². The molecule has 0 aliphatic heterocycles. The molecule has 0 saturated heterocycles. The van der Waals surface area contributed by atoms with Gasteiger partial charge in [0.25, 0.3) is 0 Å². The highest BCUT2D eigenvalue weighted by atomic mass is 16.5. The second-order valence-electron chi connectivity index (χ2n) is 12.3. The number of nitrogens with zero attached hydrogens (tertiary/aromatic N) is 2. The zero-order chi connectivity index (χ0) is 33.2. The van der Waals surface area contributed by atoms with Gasteiger partial charge in [0.05, 0.1) is 0 Å². The number of carbonyl (C=O) groups is 3. The summed E-state index contributed by atoms with van der Waals surface area (Å²) in [7, 11) is 0. The summed E-state index contributed by atoms with van der Waals surface area (Å²) in [5.41, 5.74) is 5.78. The Bertz CT molecular complexity index is 1620. The number of hydrogen-bond donors (Lipinski definition) is 3. The molecule has 47 heavy (non-hydrogen) atoms. The Morgan fingerprint density at radius 3 is 2.06 bits per heavy atom. The number of aromatic nitrogens is 2. The Balaban J connectivity index is 1.21. The van der Waals surface area contributed by atoms with Gasteiger partial charge in [-0.2, -0.15) is 0 Å². The number of carboxylic acid groups (broad SMARTS) is 1. The molecule has 0 bridgehead atoms. The Hall–Kier alpha value is -5.05. The lowest BCUT2D eigenvalue weighted by Gasteiger charge is -2.28. The van der Waals surface area contributed by atoms with Gasteiger partial charge < -0.3 is 20.5 Å². The van der Waals surface area contributed by atoms with Crippen molar-refractivity contribution in [2.24, 2.45) is 5.92 Å². The smallest absolute Gasteiger partial charge is 0.408 e. The van der Waals surface area contributed by atoms with Crippen molar-refractivity contribution in [3.8, 4) is 22.5 Å². The number of alkyl carbamates (subject to hydrolysis) is 1. The van der Waals surface area contributed by atoms with E-state index in [1.54, 1.807) is 0 Å². The highest BCUT2D eigenvalue weighted by Gasteiger charge is 2.25. The summed E-state index contributed by atoms with van der Waals surface area (Å²) in [4.78, 5) is 46.1. The molecule has 1 fully saturated rings. The van der Waals surface area contributed by atoms with E-state index in [-0.39, 0.29) is 13.0 Å². The van der Waals surface area contributed by atoms with Crippen LogP contribution in [0.15, 0.2) is 91.3 Å². The van der Waals surface area contributed by atoms with Gasteiger partial charge in [0.1, 0.15) is 18.7 Å². The molecule has 5 rings (SSSR count). The molecule has 4 aromatic rings. The zero-order valence-electron chi connectivity index (χ0n) is 26.9. The van der Waals surface area contributed by atoms with E-state index < -0.39 is 30.1 Å². The number of benzene rings is 3. The van der Waals surface area contributed by atoms with Crippen molar-refractivity contribution in [1.82, 2.24) is 20.6 Å². The number of nitrogens with one attached hydrogen (secondary N) is 2. The van der Waals surface area contributed by atoms with Gasteiger partial charge in [0, 0.05) is 29.9 Å². The molecule has 3 aromatic carbocycles. The predicted molar refractivity (Wildman–Crippen MR) is 180 cm³/mol. The third-order valence-electron chi connectivity index (χ3n) is 8.99. The first-order valence-electron chi connectivity index (χ1n) is 16.3. The fourth-order valence-electron chi connectivity index (χ4n) is 6.00. The first-order chi connectivity index (χ1) is 22.8. The highest BCUT2D eigenvalue weighted by molar-refractivity contribution is 5.89. The fraction of sp³-hybridized carbons (Fsp3) is 0.342. The summed E-state index contributed by atoms with van der Waals surface area (Å²) < 4.78 is 5.30. The summed E-state index contributed by atoms with van der Waals surface area (Å²) in [5, 5.41) is 14.3. The van der Waals surface area contributed by atoms with Crippen LogP contribution in [0.1, 0.15) is 68.6 Å². The molecular weight excluding hydrogens is 592 g/mol. The molecule has 3 N–H and O–H groups in total. The molecule has 9 nitrogen and oxygen atoms in total. The number of carboxylic acids is 1. The van der Waals surface area contributed by atoms with E-state index in [0.717, 1.165) is 33.7 Å². The first kappa shape index (κ1) is 33.3. The molecule has 2 atom stereocenters. The van der Waals surface area contributed by atoms with Crippen molar-refractivity contribution >= 4 is 18.0 Å². The highest BCUT2D eigenvalue weighted by Crippen LogP contribution is 2.37. The first-order valence-corrected chi connectivity index (χ1v) is 16.3. The molecule has 1 aliphatic carbocycles. The summed E-state index contributed by atoms with van der Waals surface area (Å²) in [6.45, 7) is 3.69. The lowest BCUT2D eigenvalue weighted by molar-refractivity contribution is -0.141. The zero-order valence-corrected chi connectivity index (χ0v) is 26.9. The average molecular weight is 635 g/mol. The summed E-state index contributed by atoms with van der Waals surface area (Å²) in [6, 6.07) is 23.2. The van der Waals surface area contributed by atoms with E-state index >= 15 is 0 Å². The van der Waals surface area contributed by atoms with E-state index in [2.05, 4.69) is 51.8 Å². The van der Waals surface area contributed by atoms with Crippen LogP contribution in [0.4, 0.5) is 4.79 Å². The Labute approximate surface area is 275 Å². The van der Waals surface area contributed by atoms with Gasteiger partial charge in [0.15, 0.2) is 5.82 Å². The van der Waals surface area contributed by atoms with E-state index in [1.165, 1.54) is 44.6 Å². The molecule has 1 aromatic heterocycles. The molecule has 1 unspecified atom stereocenters. The predicted octanol–water partition coefficient (Wildman–Crippen LogP) is 6.92. The van der Waals surface area contributed by atoms with Crippen LogP contribution in [0, 0.1) is 5.92 Å². The van der Waals surface area contributed by atoms with Gasteiger partial charge in [-0.15, -0.1) is 0 Å². The Morgan fingerprint density at radius 2 is 1.45 bits per heavy atom. The van der Waals surface area contributed by atoms with Crippen molar-refractivity contribution in [3.05, 3.63) is 108 Å². The molecule has 0 spiro atoms. The van der Waals surface area contributed by atoms with Gasteiger partial charge in [-0.3, -0.25) is 9.59 Å². The normalized spacial score (nSPS) is 17.2. The van der Waals surface area contributed by atoms with Gasteiger partial charge >= 0.3 is 12.1 Å². The molecular formula is C38H42N4O5. The summed E-state index contributed by atoms with van der Waals surface area (Å²) in [6.07, 6.45) is 9.45. The minimum Gasteiger partial charge on any atom is -0.480 e. The van der Waals surface area contributed by atoms with Crippen LogP contribution in [-0.2, 0) is 27.4 Å².